The second kappa shape index (κ2) is 7.94. The number of amides is 1. The molecule has 0 heterocycles. The van der Waals surface area contributed by atoms with Crippen LogP contribution in [0.15, 0.2) is 18.2 Å². The van der Waals surface area contributed by atoms with Gasteiger partial charge in [0.2, 0.25) is 6.41 Å². The van der Waals surface area contributed by atoms with Crippen molar-refractivity contribution >= 4 is 31.4 Å². The SMILES string of the molecule is [B]c1ccc(N(C=O)CCNCC(=O)OC(C)(C)C)c(F)c1. The normalized spacial score (nSPS) is 11.1. The van der Waals surface area contributed by atoms with E-state index in [0.29, 0.717) is 13.0 Å². The van der Waals surface area contributed by atoms with Gasteiger partial charge in [-0.2, -0.15) is 0 Å². The average Bonchev–Trinajstić information content (AvgIpc) is 2.38. The molecular formula is C15H20BFN2O3. The summed E-state index contributed by atoms with van der Waals surface area (Å²) >= 11 is 0. The number of hydrogen-bond acceptors (Lipinski definition) is 4. The predicted octanol–water partition coefficient (Wildman–Crippen LogP) is 0.514. The molecule has 0 atom stereocenters. The van der Waals surface area contributed by atoms with Gasteiger partial charge in [0.15, 0.2) is 0 Å². The Kier molecular flexibility index (Phi) is 6.55. The van der Waals surface area contributed by atoms with E-state index >= 15 is 0 Å². The minimum Gasteiger partial charge on any atom is -0.459 e. The quantitative estimate of drug-likeness (QED) is 0.345. The molecule has 1 aromatic carbocycles. The van der Waals surface area contributed by atoms with Gasteiger partial charge in [-0.1, -0.05) is 11.5 Å². The van der Waals surface area contributed by atoms with Crippen molar-refractivity contribution in [3.8, 4) is 0 Å². The van der Waals surface area contributed by atoms with Crippen molar-refractivity contribution in [3.63, 3.8) is 0 Å². The van der Waals surface area contributed by atoms with Gasteiger partial charge in [0.1, 0.15) is 19.3 Å². The lowest BCUT2D eigenvalue weighted by molar-refractivity contribution is -0.153. The van der Waals surface area contributed by atoms with E-state index in [1.807, 2.05) is 0 Å². The van der Waals surface area contributed by atoms with Gasteiger partial charge in [-0.15, -0.1) is 0 Å². The fourth-order valence-corrected chi connectivity index (χ4v) is 1.75. The third kappa shape index (κ3) is 6.26. The lowest BCUT2D eigenvalue weighted by atomic mass is 9.96. The second-order valence-electron chi connectivity index (χ2n) is 5.77. The lowest BCUT2D eigenvalue weighted by Crippen LogP contribution is -2.36. The molecule has 118 valence electrons. The Bertz CT molecular complexity index is 532. The molecule has 0 bridgehead atoms. The van der Waals surface area contributed by atoms with E-state index in [2.05, 4.69) is 5.32 Å². The number of rotatable bonds is 7. The van der Waals surface area contributed by atoms with Crippen LogP contribution in [0.4, 0.5) is 10.1 Å². The molecule has 5 nitrogen and oxygen atoms in total. The van der Waals surface area contributed by atoms with Gasteiger partial charge >= 0.3 is 5.97 Å². The van der Waals surface area contributed by atoms with Gasteiger partial charge in [0.25, 0.3) is 0 Å². The first-order valence-electron chi connectivity index (χ1n) is 6.92. The number of ether oxygens (including phenoxy) is 1. The van der Waals surface area contributed by atoms with Crippen molar-refractivity contribution in [2.45, 2.75) is 26.4 Å². The standard InChI is InChI=1S/C15H20BFN2O3/c1-15(2,3)22-14(21)9-18-6-7-19(10-20)13-5-4-11(16)8-12(13)17/h4-5,8,10,18H,6-7,9H2,1-3H3. The fraction of sp³-hybridized carbons (Fsp3) is 0.467. The number of halogens is 1. The third-order valence-electron chi connectivity index (χ3n) is 2.63. The van der Waals surface area contributed by atoms with Crippen molar-refractivity contribution < 1.29 is 18.7 Å². The number of esters is 1. The van der Waals surface area contributed by atoms with Crippen molar-refractivity contribution in [1.82, 2.24) is 5.32 Å². The Morgan fingerprint density at radius 3 is 2.68 bits per heavy atom. The maximum absolute atomic E-state index is 13.7. The highest BCUT2D eigenvalue weighted by Gasteiger charge is 2.16. The minimum absolute atomic E-state index is 0.0220. The Hall–Kier alpha value is -1.89. The van der Waals surface area contributed by atoms with Gasteiger partial charge in [-0.05, 0) is 32.9 Å². The molecule has 0 saturated carbocycles. The van der Waals surface area contributed by atoms with Crippen LogP contribution < -0.4 is 15.7 Å². The van der Waals surface area contributed by atoms with E-state index in [-0.39, 0.29) is 30.2 Å². The molecule has 1 aromatic rings. The van der Waals surface area contributed by atoms with Crippen LogP contribution in [0.25, 0.3) is 0 Å². The topological polar surface area (TPSA) is 58.6 Å². The second-order valence-corrected chi connectivity index (χ2v) is 5.77. The molecule has 1 rings (SSSR count). The van der Waals surface area contributed by atoms with Crippen LogP contribution >= 0.6 is 0 Å². The molecule has 0 fully saturated rings. The summed E-state index contributed by atoms with van der Waals surface area (Å²) < 4.78 is 18.9. The first kappa shape index (κ1) is 18.2. The summed E-state index contributed by atoms with van der Waals surface area (Å²) in [4.78, 5) is 23.8. The molecule has 1 amide bonds. The molecule has 2 radical (unpaired) electrons. The molecule has 0 aliphatic rings. The van der Waals surface area contributed by atoms with Crippen molar-refractivity contribution in [1.29, 1.82) is 0 Å². The molecule has 0 aliphatic heterocycles. The van der Waals surface area contributed by atoms with Gasteiger partial charge in [-0.25, -0.2) is 4.39 Å². The van der Waals surface area contributed by atoms with E-state index in [1.165, 1.54) is 17.0 Å². The maximum atomic E-state index is 13.7. The summed E-state index contributed by atoms with van der Waals surface area (Å²) in [7, 11) is 5.46. The minimum atomic E-state index is -0.570. The number of nitrogens with zero attached hydrogens (tertiary/aromatic N) is 1. The van der Waals surface area contributed by atoms with E-state index in [0.717, 1.165) is 6.07 Å². The fourth-order valence-electron chi connectivity index (χ4n) is 1.75. The lowest BCUT2D eigenvalue weighted by Gasteiger charge is -2.21. The summed E-state index contributed by atoms with van der Waals surface area (Å²) in [5.74, 6) is -0.955. The van der Waals surface area contributed by atoms with Crippen LogP contribution in [0.2, 0.25) is 0 Å². The Morgan fingerprint density at radius 2 is 2.14 bits per heavy atom. The highest BCUT2D eigenvalue weighted by atomic mass is 19.1. The Morgan fingerprint density at radius 1 is 1.45 bits per heavy atom. The number of carbonyl (C=O) groups excluding carboxylic acids is 2. The molecule has 0 unspecified atom stereocenters. The van der Waals surface area contributed by atoms with Crippen LogP contribution in [-0.4, -0.2) is 45.5 Å². The summed E-state index contributed by atoms with van der Waals surface area (Å²) in [6.45, 7) is 5.90. The van der Waals surface area contributed by atoms with Gasteiger partial charge in [-0.3, -0.25) is 9.59 Å². The summed E-state index contributed by atoms with van der Waals surface area (Å²) in [6, 6.07) is 4.11. The molecule has 22 heavy (non-hydrogen) atoms. The van der Waals surface area contributed by atoms with Crippen LogP contribution in [0.1, 0.15) is 20.8 Å². The van der Waals surface area contributed by atoms with Gasteiger partial charge < -0.3 is 15.0 Å². The number of anilines is 1. The van der Waals surface area contributed by atoms with E-state index in [4.69, 9.17) is 12.6 Å². The molecule has 0 aromatic heterocycles. The third-order valence-corrected chi connectivity index (χ3v) is 2.63. The van der Waals surface area contributed by atoms with Crippen LogP contribution in [0.5, 0.6) is 0 Å². The molecule has 0 aliphatic carbocycles. The zero-order chi connectivity index (χ0) is 16.8. The van der Waals surface area contributed by atoms with Crippen LogP contribution in [-0.2, 0) is 14.3 Å². The van der Waals surface area contributed by atoms with Crippen LogP contribution in [0, 0.1) is 5.82 Å². The van der Waals surface area contributed by atoms with E-state index in [9.17, 15) is 14.0 Å². The van der Waals surface area contributed by atoms with Gasteiger partial charge in [0.05, 0.1) is 12.2 Å². The number of hydrogen-bond donors (Lipinski definition) is 1. The molecular weight excluding hydrogens is 286 g/mol. The van der Waals surface area contributed by atoms with E-state index < -0.39 is 11.4 Å². The Balaban J connectivity index is 2.45. The first-order valence-corrected chi connectivity index (χ1v) is 6.92. The summed E-state index contributed by atoms with van der Waals surface area (Å²) in [5.41, 5.74) is -0.112. The predicted molar refractivity (Wildman–Crippen MR) is 83.9 cm³/mol. The smallest absolute Gasteiger partial charge is 0.320 e. The van der Waals surface area contributed by atoms with Crippen molar-refractivity contribution in [2.24, 2.45) is 0 Å². The van der Waals surface area contributed by atoms with Crippen molar-refractivity contribution in [2.75, 3.05) is 24.5 Å². The highest BCUT2D eigenvalue weighted by Crippen LogP contribution is 2.15. The summed E-state index contributed by atoms with van der Waals surface area (Å²) in [5, 5.41) is 2.85. The number of carbonyl (C=O) groups is 2. The molecule has 1 N–H and O–H groups in total. The average molecular weight is 306 g/mol. The molecule has 7 heteroatoms. The summed E-state index contributed by atoms with van der Waals surface area (Å²) in [6.07, 6.45) is 0.532. The maximum Gasteiger partial charge on any atom is 0.320 e. The number of benzene rings is 1. The Labute approximate surface area is 131 Å². The highest BCUT2D eigenvalue weighted by molar-refractivity contribution is 6.32. The zero-order valence-corrected chi connectivity index (χ0v) is 13.1. The zero-order valence-electron chi connectivity index (χ0n) is 13.1. The van der Waals surface area contributed by atoms with Crippen molar-refractivity contribution in [3.05, 3.63) is 24.0 Å². The largest absolute Gasteiger partial charge is 0.459 e. The monoisotopic (exact) mass is 306 g/mol. The molecule has 0 saturated heterocycles. The number of nitrogens with one attached hydrogen (secondary N) is 1. The van der Waals surface area contributed by atoms with Gasteiger partial charge in [0, 0.05) is 13.1 Å². The molecule has 0 spiro atoms. The van der Waals surface area contributed by atoms with E-state index in [1.54, 1.807) is 20.8 Å². The first-order chi connectivity index (χ1) is 10.2. The van der Waals surface area contributed by atoms with Crippen LogP contribution in [0.3, 0.4) is 0 Å².